The van der Waals surface area contributed by atoms with Gasteiger partial charge < -0.3 is 0 Å². The van der Waals surface area contributed by atoms with E-state index in [9.17, 15) is 0 Å². The first kappa shape index (κ1) is 12.1. The molecular weight excluding hydrogens is 168 g/mol. The van der Waals surface area contributed by atoms with Crippen LogP contribution in [-0.2, 0) is 0 Å². The van der Waals surface area contributed by atoms with Crippen molar-refractivity contribution in [2.45, 2.75) is 60.3 Å². The van der Waals surface area contributed by atoms with Gasteiger partial charge in [-0.25, -0.2) is 0 Å². The molecule has 14 heavy (non-hydrogen) atoms. The first-order valence-electron chi connectivity index (χ1n) is 6.15. The molecule has 0 N–H and O–H groups in total. The quantitative estimate of drug-likeness (QED) is 0.568. The molecule has 0 aliphatic heterocycles. The van der Waals surface area contributed by atoms with Crippen LogP contribution in [0.3, 0.4) is 0 Å². The molecule has 0 saturated heterocycles. The second-order valence-electron chi connectivity index (χ2n) is 6.02. The fourth-order valence-electron chi connectivity index (χ4n) is 3.78. The molecule has 0 aromatic carbocycles. The molecule has 2 saturated carbocycles. The van der Waals surface area contributed by atoms with Gasteiger partial charge in [-0.3, -0.25) is 0 Å². The van der Waals surface area contributed by atoms with Crippen LogP contribution in [0.5, 0.6) is 0 Å². The van der Waals surface area contributed by atoms with Gasteiger partial charge >= 0.3 is 0 Å². The zero-order valence-electron chi connectivity index (χ0n) is 9.42. The van der Waals surface area contributed by atoms with Crippen LogP contribution in [0.15, 0.2) is 0 Å². The first-order chi connectivity index (χ1) is 6.15. The molecule has 4 atom stereocenters. The van der Waals surface area contributed by atoms with E-state index in [2.05, 4.69) is 20.8 Å². The molecule has 0 aromatic heterocycles. The van der Waals surface area contributed by atoms with E-state index < -0.39 is 0 Å². The maximum absolute atomic E-state index is 2.45. The molecule has 2 aliphatic carbocycles. The summed E-state index contributed by atoms with van der Waals surface area (Å²) in [5.74, 6) is 5.19. The van der Waals surface area contributed by atoms with E-state index in [1.54, 1.807) is 19.3 Å². The topological polar surface area (TPSA) is 0 Å². The van der Waals surface area contributed by atoms with Crippen LogP contribution in [-0.4, -0.2) is 0 Å². The molecule has 2 fully saturated rings. The lowest BCUT2D eigenvalue weighted by Crippen LogP contribution is -2.32. The van der Waals surface area contributed by atoms with Crippen LogP contribution < -0.4 is 0 Å². The van der Waals surface area contributed by atoms with Gasteiger partial charge in [-0.2, -0.15) is 0 Å². The van der Waals surface area contributed by atoms with E-state index >= 15 is 0 Å². The van der Waals surface area contributed by atoms with Crippen LogP contribution in [0.25, 0.3) is 0 Å². The number of hydrogen-bond donors (Lipinski definition) is 0. The zero-order chi connectivity index (χ0) is 9.42. The Hall–Kier alpha value is 0. The van der Waals surface area contributed by atoms with Crippen molar-refractivity contribution in [2.75, 3.05) is 0 Å². The Kier molecular flexibility index (Phi) is 4.04. The van der Waals surface area contributed by atoms with E-state index in [0.717, 1.165) is 29.6 Å². The largest absolute Gasteiger partial charge is 0.0776 e. The molecule has 0 amide bonds. The molecule has 2 bridgehead atoms. The molecule has 0 heteroatoms. The van der Waals surface area contributed by atoms with E-state index in [1.807, 2.05) is 0 Å². The summed E-state index contributed by atoms with van der Waals surface area (Å²) < 4.78 is 0. The Morgan fingerprint density at radius 3 is 1.79 bits per heavy atom. The summed E-state index contributed by atoms with van der Waals surface area (Å²) in [4.78, 5) is 0. The molecule has 0 nitrogen and oxygen atoms in total. The molecule has 2 unspecified atom stereocenters. The Morgan fingerprint density at radius 2 is 1.36 bits per heavy atom. The van der Waals surface area contributed by atoms with Crippen LogP contribution >= 0.6 is 0 Å². The summed E-state index contributed by atoms with van der Waals surface area (Å²) >= 11 is 0. The van der Waals surface area contributed by atoms with Crippen molar-refractivity contribution in [3.05, 3.63) is 0 Å². The van der Waals surface area contributed by atoms with Gasteiger partial charge in [-0.15, -0.1) is 0 Å². The van der Waals surface area contributed by atoms with Crippen molar-refractivity contribution in [2.24, 2.45) is 29.6 Å². The monoisotopic (exact) mass is 196 g/mol. The van der Waals surface area contributed by atoms with E-state index in [0.29, 0.717) is 0 Å². The fraction of sp³-hybridized carbons (Fsp3) is 1.00. The molecule has 2 rings (SSSR count). The SMILES string of the molecule is C.CC1C[C@@H]2CC(C(C)C)C[C@H](C1)C2. The summed E-state index contributed by atoms with van der Waals surface area (Å²) in [6.45, 7) is 7.28. The third-order valence-corrected chi connectivity index (χ3v) is 4.35. The summed E-state index contributed by atoms with van der Waals surface area (Å²) in [5.41, 5.74) is 0. The maximum atomic E-state index is 2.45. The van der Waals surface area contributed by atoms with Gasteiger partial charge in [0.25, 0.3) is 0 Å². The van der Waals surface area contributed by atoms with Crippen molar-refractivity contribution in [3.63, 3.8) is 0 Å². The lowest BCUT2D eigenvalue weighted by Gasteiger charge is -2.43. The predicted molar refractivity (Wildman–Crippen MR) is 64.3 cm³/mol. The van der Waals surface area contributed by atoms with Gasteiger partial charge in [0.2, 0.25) is 0 Å². The predicted octanol–water partition coefficient (Wildman–Crippen LogP) is 4.74. The summed E-state index contributed by atoms with van der Waals surface area (Å²) in [5, 5.41) is 0. The second kappa shape index (κ2) is 4.68. The molecule has 0 heterocycles. The normalized spacial score (nSPS) is 42.0. The van der Waals surface area contributed by atoms with Crippen molar-refractivity contribution < 1.29 is 0 Å². The lowest BCUT2D eigenvalue weighted by molar-refractivity contribution is 0.0832. The lowest BCUT2D eigenvalue weighted by atomic mass is 9.63. The molecule has 84 valence electrons. The highest BCUT2D eigenvalue weighted by Gasteiger charge is 2.35. The maximum Gasteiger partial charge on any atom is -0.0386 e. The average Bonchev–Trinajstić information content (AvgIpc) is 2.01. The van der Waals surface area contributed by atoms with Crippen LogP contribution in [0, 0.1) is 29.6 Å². The van der Waals surface area contributed by atoms with Crippen LogP contribution in [0.4, 0.5) is 0 Å². The third-order valence-electron chi connectivity index (χ3n) is 4.35. The Morgan fingerprint density at radius 1 is 0.857 bits per heavy atom. The molecular formula is C14H28. The summed E-state index contributed by atoms with van der Waals surface area (Å²) in [7, 11) is 0. The van der Waals surface area contributed by atoms with E-state index in [1.165, 1.54) is 12.8 Å². The minimum atomic E-state index is 0. The molecule has 2 aliphatic rings. The summed E-state index contributed by atoms with van der Waals surface area (Å²) in [6, 6.07) is 0. The Balaban J connectivity index is 0.000000980. The smallest absolute Gasteiger partial charge is 0.0386 e. The fourth-order valence-corrected chi connectivity index (χ4v) is 3.78. The van der Waals surface area contributed by atoms with Crippen molar-refractivity contribution in [3.8, 4) is 0 Å². The van der Waals surface area contributed by atoms with Gasteiger partial charge in [-0.05, 0) is 61.7 Å². The number of hydrogen-bond acceptors (Lipinski definition) is 0. The average molecular weight is 196 g/mol. The Bertz CT molecular complexity index is 153. The zero-order valence-corrected chi connectivity index (χ0v) is 9.42. The van der Waals surface area contributed by atoms with Gasteiger partial charge in [0.05, 0.1) is 0 Å². The van der Waals surface area contributed by atoms with Crippen LogP contribution in [0.2, 0.25) is 0 Å². The first-order valence-corrected chi connectivity index (χ1v) is 6.15. The van der Waals surface area contributed by atoms with E-state index in [-0.39, 0.29) is 7.43 Å². The van der Waals surface area contributed by atoms with Gasteiger partial charge in [0.15, 0.2) is 0 Å². The minimum Gasteiger partial charge on any atom is -0.0776 e. The Labute approximate surface area is 90.5 Å². The summed E-state index contributed by atoms with van der Waals surface area (Å²) in [6.07, 6.45) is 7.70. The minimum absolute atomic E-state index is 0. The molecule has 0 aromatic rings. The van der Waals surface area contributed by atoms with Crippen molar-refractivity contribution in [1.82, 2.24) is 0 Å². The van der Waals surface area contributed by atoms with Crippen molar-refractivity contribution in [1.29, 1.82) is 0 Å². The van der Waals surface area contributed by atoms with Gasteiger partial charge in [0.1, 0.15) is 0 Å². The standard InChI is InChI=1S/C13H24.CH4/c1-9(2)13-7-11-4-10(3)5-12(6-11)8-13;/h9-13H,4-8H2,1-3H3;1H4/t10?,11-,12+,13?;. The van der Waals surface area contributed by atoms with Gasteiger partial charge in [0, 0.05) is 0 Å². The van der Waals surface area contributed by atoms with Crippen molar-refractivity contribution >= 4 is 0 Å². The molecule has 0 spiro atoms. The highest BCUT2D eigenvalue weighted by Crippen LogP contribution is 2.46. The third kappa shape index (κ3) is 2.52. The number of rotatable bonds is 1. The second-order valence-corrected chi connectivity index (χ2v) is 6.02. The highest BCUT2D eigenvalue weighted by atomic mass is 14.4. The van der Waals surface area contributed by atoms with Crippen LogP contribution in [0.1, 0.15) is 60.3 Å². The molecule has 0 radical (unpaired) electrons. The highest BCUT2D eigenvalue weighted by molar-refractivity contribution is 4.86. The number of fused-ring (bicyclic) bond motifs is 2. The van der Waals surface area contributed by atoms with Gasteiger partial charge in [-0.1, -0.05) is 28.2 Å². The van der Waals surface area contributed by atoms with E-state index in [4.69, 9.17) is 0 Å².